The highest BCUT2D eigenvalue weighted by atomic mass is 16.5. The number of nitrogens with zero attached hydrogens (tertiary/aromatic N) is 3. The highest BCUT2D eigenvalue weighted by Gasteiger charge is 2.17. The fourth-order valence-corrected chi connectivity index (χ4v) is 1.38. The van der Waals surface area contributed by atoms with Gasteiger partial charge in [-0.3, -0.25) is 4.79 Å². The van der Waals surface area contributed by atoms with E-state index < -0.39 is 0 Å². The molecule has 0 aliphatic heterocycles. The number of hydrogen-bond donors (Lipinski definition) is 0. The zero-order valence-electron chi connectivity index (χ0n) is 9.04. The van der Waals surface area contributed by atoms with Crippen molar-refractivity contribution in [3.63, 3.8) is 0 Å². The van der Waals surface area contributed by atoms with Crippen LogP contribution in [0.4, 0.5) is 0 Å². The summed E-state index contributed by atoms with van der Waals surface area (Å²) in [4.78, 5) is 20.0. The molecule has 0 amide bonds. The molecule has 82 valence electrons. The lowest BCUT2D eigenvalue weighted by molar-refractivity contribution is 0.102. The molecule has 0 bridgehead atoms. The van der Waals surface area contributed by atoms with E-state index in [1.54, 1.807) is 42.5 Å². The lowest BCUT2D eigenvalue weighted by atomic mass is 10.2. The van der Waals surface area contributed by atoms with Crippen LogP contribution in [0.1, 0.15) is 16.2 Å². The van der Waals surface area contributed by atoms with Crippen LogP contribution in [0, 0.1) is 0 Å². The second-order valence-electron chi connectivity index (χ2n) is 3.31. The molecule has 0 fully saturated rings. The van der Waals surface area contributed by atoms with Gasteiger partial charge >= 0.3 is 0 Å². The van der Waals surface area contributed by atoms with E-state index in [1.165, 1.54) is 7.11 Å². The van der Waals surface area contributed by atoms with Crippen molar-refractivity contribution in [2.24, 2.45) is 7.05 Å². The molecular formula is C11H11N3O2. The van der Waals surface area contributed by atoms with E-state index in [9.17, 15) is 4.79 Å². The first-order valence-corrected chi connectivity index (χ1v) is 4.74. The quantitative estimate of drug-likeness (QED) is 0.721. The molecule has 2 aromatic rings. The first-order chi connectivity index (χ1) is 7.72. The minimum absolute atomic E-state index is 0.238. The average molecular weight is 217 g/mol. The van der Waals surface area contributed by atoms with Gasteiger partial charge in [0.1, 0.15) is 11.4 Å². The molecule has 5 nitrogen and oxygen atoms in total. The number of aryl methyl sites for hydroxylation is 1. The van der Waals surface area contributed by atoms with Crippen LogP contribution in [-0.2, 0) is 7.05 Å². The van der Waals surface area contributed by atoms with E-state index in [4.69, 9.17) is 4.74 Å². The zero-order chi connectivity index (χ0) is 11.5. The topological polar surface area (TPSA) is 57.0 Å². The largest absolute Gasteiger partial charge is 0.494 e. The van der Waals surface area contributed by atoms with Crippen LogP contribution in [0.25, 0.3) is 0 Å². The van der Waals surface area contributed by atoms with Gasteiger partial charge in [-0.05, 0) is 12.1 Å². The Labute approximate surface area is 92.7 Å². The van der Waals surface area contributed by atoms with E-state index >= 15 is 0 Å². The normalized spacial score (nSPS) is 10.1. The van der Waals surface area contributed by atoms with Crippen molar-refractivity contribution in [1.82, 2.24) is 14.5 Å². The maximum absolute atomic E-state index is 12.0. The van der Waals surface area contributed by atoms with Gasteiger partial charge in [0.05, 0.1) is 13.4 Å². The first kappa shape index (κ1) is 10.4. The molecule has 5 heteroatoms. The molecule has 16 heavy (non-hydrogen) atoms. The number of ether oxygens (including phenoxy) is 1. The average Bonchev–Trinajstić information content (AvgIpc) is 2.75. The lowest BCUT2D eigenvalue weighted by Gasteiger charge is -2.03. The number of aromatic nitrogens is 3. The highest BCUT2D eigenvalue weighted by molar-refractivity contribution is 6.07. The van der Waals surface area contributed by atoms with Crippen LogP contribution in [0.2, 0.25) is 0 Å². The summed E-state index contributed by atoms with van der Waals surface area (Å²) in [5.41, 5.74) is 0.642. The van der Waals surface area contributed by atoms with E-state index in [0.717, 1.165) is 0 Å². The molecule has 0 aliphatic carbocycles. The number of carbonyl (C=O) groups excluding carboxylic acids is 1. The predicted octanol–water partition coefficient (Wildman–Crippen LogP) is 1.05. The lowest BCUT2D eigenvalue weighted by Crippen LogP contribution is -2.06. The Hall–Kier alpha value is -2.17. The maximum Gasteiger partial charge on any atom is 0.235 e. The molecule has 0 saturated carbocycles. The SMILES string of the molecule is COc1cccnc1C(=O)c1cn(C)cn1. The zero-order valence-corrected chi connectivity index (χ0v) is 9.04. The number of rotatable bonds is 3. The van der Waals surface area contributed by atoms with Gasteiger partial charge < -0.3 is 9.30 Å². The monoisotopic (exact) mass is 217 g/mol. The number of ketones is 1. The fraction of sp³-hybridized carbons (Fsp3) is 0.182. The highest BCUT2D eigenvalue weighted by Crippen LogP contribution is 2.17. The van der Waals surface area contributed by atoms with Crippen LogP contribution in [-0.4, -0.2) is 27.4 Å². The molecule has 0 N–H and O–H groups in total. The van der Waals surface area contributed by atoms with Gasteiger partial charge in [0.2, 0.25) is 5.78 Å². The third-order valence-corrected chi connectivity index (χ3v) is 2.14. The summed E-state index contributed by atoms with van der Waals surface area (Å²) in [6.45, 7) is 0. The summed E-state index contributed by atoms with van der Waals surface area (Å²) in [5, 5.41) is 0. The van der Waals surface area contributed by atoms with Gasteiger partial charge in [-0.2, -0.15) is 0 Å². The second-order valence-corrected chi connectivity index (χ2v) is 3.31. The van der Waals surface area contributed by atoms with E-state index in [1.807, 2.05) is 0 Å². The van der Waals surface area contributed by atoms with Crippen LogP contribution < -0.4 is 4.74 Å². The van der Waals surface area contributed by atoms with Crippen molar-refractivity contribution in [1.29, 1.82) is 0 Å². The summed E-state index contributed by atoms with van der Waals surface area (Å²) in [5.74, 6) is 0.219. The standard InChI is InChI=1S/C11H11N3O2/c1-14-6-8(13-7-14)11(15)10-9(16-2)4-3-5-12-10/h3-7H,1-2H3. The number of methoxy groups -OCH3 is 1. The minimum Gasteiger partial charge on any atom is -0.494 e. The van der Waals surface area contributed by atoms with Crippen molar-refractivity contribution < 1.29 is 9.53 Å². The van der Waals surface area contributed by atoms with Crippen LogP contribution in [0.5, 0.6) is 5.75 Å². The van der Waals surface area contributed by atoms with Crippen LogP contribution in [0.15, 0.2) is 30.9 Å². The van der Waals surface area contributed by atoms with Crippen molar-refractivity contribution >= 4 is 5.78 Å². The summed E-state index contributed by atoms with van der Waals surface area (Å²) in [7, 11) is 3.31. The Morgan fingerprint density at radius 3 is 2.88 bits per heavy atom. The number of hydrogen-bond acceptors (Lipinski definition) is 4. The summed E-state index contributed by atoms with van der Waals surface area (Å²) in [6.07, 6.45) is 4.78. The van der Waals surface area contributed by atoms with Crippen LogP contribution >= 0.6 is 0 Å². The van der Waals surface area contributed by atoms with Gasteiger partial charge in [0.15, 0.2) is 5.69 Å². The van der Waals surface area contributed by atoms with Crippen LogP contribution in [0.3, 0.4) is 0 Å². The smallest absolute Gasteiger partial charge is 0.235 e. The Morgan fingerprint density at radius 1 is 1.44 bits per heavy atom. The molecular weight excluding hydrogens is 206 g/mol. The third-order valence-electron chi connectivity index (χ3n) is 2.14. The second kappa shape index (κ2) is 4.14. The van der Waals surface area contributed by atoms with E-state index in [-0.39, 0.29) is 11.5 Å². The molecule has 0 radical (unpaired) electrons. The Balaban J connectivity index is 2.41. The summed E-state index contributed by atoms with van der Waals surface area (Å²) < 4.78 is 6.79. The van der Waals surface area contributed by atoms with E-state index in [0.29, 0.717) is 11.4 Å². The molecule has 0 spiro atoms. The van der Waals surface area contributed by atoms with Crippen molar-refractivity contribution in [2.45, 2.75) is 0 Å². The van der Waals surface area contributed by atoms with Gasteiger partial charge in [-0.15, -0.1) is 0 Å². The third kappa shape index (κ3) is 1.79. The maximum atomic E-state index is 12.0. The summed E-state index contributed by atoms with van der Waals surface area (Å²) in [6, 6.07) is 3.41. The van der Waals surface area contributed by atoms with Crippen molar-refractivity contribution in [3.05, 3.63) is 42.2 Å². The number of carbonyl (C=O) groups is 1. The predicted molar refractivity (Wildman–Crippen MR) is 57.4 cm³/mol. The van der Waals surface area contributed by atoms with Gasteiger partial charge in [0.25, 0.3) is 0 Å². The molecule has 0 unspecified atom stereocenters. The Kier molecular flexibility index (Phi) is 2.68. The molecule has 2 aromatic heterocycles. The van der Waals surface area contributed by atoms with Gasteiger partial charge in [-0.25, -0.2) is 9.97 Å². The van der Waals surface area contributed by atoms with E-state index in [2.05, 4.69) is 9.97 Å². The summed E-state index contributed by atoms with van der Waals surface area (Å²) >= 11 is 0. The van der Waals surface area contributed by atoms with Gasteiger partial charge in [0, 0.05) is 19.4 Å². The fourth-order valence-electron chi connectivity index (χ4n) is 1.38. The Morgan fingerprint density at radius 2 is 2.25 bits per heavy atom. The number of imidazole rings is 1. The molecule has 2 heterocycles. The van der Waals surface area contributed by atoms with Gasteiger partial charge in [-0.1, -0.05) is 0 Å². The van der Waals surface area contributed by atoms with Crippen molar-refractivity contribution in [2.75, 3.05) is 7.11 Å². The molecule has 0 aromatic carbocycles. The molecule has 2 rings (SSSR count). The van der Waals surface area contributed by atoms with Crippen molar-refractivity contribution in [3.8, 4) is 5.75 Å². The molecule has 0 saturated heterocycles. The molecule has 0 atom stereocenters. The number of pyridine rings is 1. The molecule has 0 aliphatic rings. The minimum atomic E-state index is -0.238. The first-order valence-electron chi connectivity index (χ1n) is 4.74. The Bertz CT molecular complexity index is 519.